The van der Waals surface area contributed by atoms with Gasteiger partial charge in [0, 0.05) is 17.7 Å². The monoisotopic (exact) mass is 439 g/mol. The molecular formula is C22H25N5O3S. The largest absolute Gasteiger partial charge is 0.497 e. The van der Waals surface area contributed by atoms with Crippen LogP contribution in [0.1, 0.15) is 19.4 Å². The number of carbonyl (C=O) groups is 1. The van der Waals surface area contributed by atoms with Gasteiger partial charge in [0.15, 0.2) is 11.0 Å². The first-order valence-corrected chi connectivity index (χ1v) is 10.7. The number of amides is 1. The number of rotatable bonds is 9. The summed E-state index contributed by atoms with van der Waals surface area (Å²) in [5.74, 6) is 2.22. The van der Waals surface area contributed by atoms with E-state index >= 15 is 0 Å². The summed E-state index contributed by atoms with van der Waals surface area (Å²) in [6, 6.07) is 15.1. The molecule has 0 spiro atoms. The molecule has 2 aromatic carbocycles. The van der Waals surface area contributed by atoms with Gasteiger partial charge in [0.25, 0.3) is 5.91 Å². The van der Waals surface area contributed by atoms with Crippen LogP contribution in [0.25, 0.3) is 11.4 Å². The van der Waals surface area contributed by atoms with E-state index in [4.69, 9.17) is 9.47 Å². The number of hydrogen-bond donors (Lipinski definition) is 1. The molecule has 0 saturated carbocycles. The van der Waals surface area contributed by atoms with Gasteiger partial charge in [-0.25, -0.2) is 5.43 Å². The molecule has 0 atom stereocenters. The number of carbonyl (C=O) groups excluding carboxylic acids is 1. The number of hydrazone groups is 1. The molecule has 0 aliphatic carbocycles. The Morgan fingerprint density at radius 2 is 1.84 bits per heavy atom. The summed E-state index contributed by atoms with van der Waals surface area (Å²) in [7, 11) is 3.24. The second-order valence-corrected chi connectivity index (χ2v) is 7.47. The molecule has 0 aliphatic rings. The van der Waals surface area contributed by atoms with E-state index in [0.717, 1.165) is 28.5 Å². The van der Waals surface area contributed by atoms with Gasteiger partial charge in [0.1, 0.15) is 11.5 Å². The third-order valence-electron chi connectivity index (χ3n) is 4.55. The second kappa shape index (κ2) is 10.6. The van der Waals surface area contributed by atoms with Gasteiger partial charge in [-0.1, -0.05) is 23.9 Å². The minimum Gasteiger partial charge on any atom is -0.497 e. The van der Waals surface area contributed by atoms with E-state index < -0.39 is 0 Å². The molecular weight excluding hydrogens is 414 g/mol. The van der Waals surface area contributed by atoms with E-state index in [0.29, 0.717) is 17.4 Å². The zero-order valence-corrected chi connectivity index (χ0v) is 18.8. The van der Waals surface area contributed by atoms with Crippen LogP contribution in [0.15, 0.2) is 58.8 Å². The smallest absolute Gasteiger partial charge is 0.250 e. The van der Waals surface area contributed by atoms with Crippen LogP contribution in [-0.2, 0) is 11.3 Å². The van der Waals surface area contributed by atoms with Crippen molar-refractivity contribution in [3.05, 3.63) is 54.1 Å². The van der Waals surface area contributed by atoms with Crippen molar-refractivity contribution in [2.75, 3.05) is 20.0 Å². The maximum atomic E-state index is 12.3. The Morgan fingerprint density at radius 3 is 2.52 bits per heavy atom. The quantitative estimate of drug-likeness (QED) is 0.311. The normalized spacial score (nSPS) is 11.3. The van der Waals surface area contributed by atoms with Crippen LogP contribution in [0.3, 0.4) is 0 Å². The number of nitrogens with one attached hydrogen (secondary N) is 1. The first-order chi connectivity index (χ1) is 15.0. The number of nitrogens with zero attached hydrogens (tertiary/aromatic N) is 4. The van der Waals surface area contributed by atoms with Gasteiger partial charge in [-0.3, -0.25) is 4.79 Å². The summed E-state index contributed by atoms with van der Waals surface area (Å²) >= 11 is 1.32. The summed E-state index contributed by atoms with van der Waals surface area (Å²) in [5.41, 5.74) is 5.10. The van der Waals surface area contributed by atoms with Crippen molar-refractivity contribution in [3.8, 4) is 22.9 Å². The molecule has 0 unspecified atom stereocenters. The maximum absolute atomic E-state index is 12.3. The van der Waals surface area contributed by atoms with Gasteiger partial charge in [0.2, 0.25) is 0 Å². The van der Waals surface area contributed by atoms with Crippen LogP contribution in [-0.4, -0.2) is 46.4 Å². The highest BCUT2D eigenvalue weighted by molar-refractivity contribution is 7.99. The van der Waals surface area contributed by atoms with Crippen molar-refractivity contribution in [1.29, 1.82) is 0 Å². The summed E-state index contributed by atoms with van der Waals surface area (Å²) in [6.07, 6.45) is 0. The molecule has 1 aromatic heterocycles. The van der Waals surface area contributed by atoms with E-state index in [9.17, 15) is 4.79 Å². The number of aromatic nitrogens is 3. The van der Waals surface area contributed by atoms with Gasteiger partial charge in [-0.15, -0.1) is 10.2 Å². The van der Waals surface area contributed by atoms with Crippen molar-refractivity contribution in [3.63, 3.8) is 0 Å². The molecule has 1 heterocycles. The molecule has 9 heteroatoms. The molecule has 3 aromatic rings. The second-order valence-electron chi connectivity index (χ2n) is 6.53. The molecule has 0 fully saturated rings. The van der Waals surface area contributed by atoms with Gasteiger partial charge in [-0.05, 0) is 50.2 Å². The molecule has 162 valence electrons. The highest BCUT2D eigenvalue weighted by Gasteiger charge is 2.14. The fraction of sp³-hybridized carbons (Fsp3) is 0.273. The first kappa shape index (κ1) is 22.4. The molecule has 8 nitrogen and oxygen atoms in total. The Morgan fingerprint density at radius 1 is 1.10 bits per heavy atom. The summed E-state index contributed by atoms with van der Waals surface area (Å²) in [4.78, 5) is 12.3. The SMILES string of the molecule is CCn1c(SCC(=O)N/N=C(\C)c2cccc(OC)c2)nnc1-c1ccc(OC)cc1. The van der Waals surface area contributed by atoms with E-state index in [-0.39, 0.29) is 11.7 Å². The van der Waals surface area contributed by atoms with E-state index in [1.807, 2.05) is 66.9 Å². The lowest BCUT2D eigenvalue weighted by Crippen LogP contribution is -2.21. The summed E-state index contributed by atoms with van der Waals surface area (Å²) in [5, 5.41) is 13.4. The highest BCUT2D eigenvalue weighted by atomic mass is 32.2. The number of thioether (sulfide) groups is 1. The molecule has 1 amide bonds. The van der Waals surface area contributed by atoms with Gasteiger partial charge in [0.05, 0.1) is 25.7 Å². The average molecular weight is 440 g/mol. The average Bonchev–Trinajstić information content (AvgIpc) is 3.24. The third kappa shape index (κ3) is 5.64. The molecule has 1 N–H and O–H groups in total. The Kier molecular flexibility index (Phi) is 7.66. The molecule has 0 radical (unpaired) electrons. The van der Waals surface area contributed by atoms with Crippen LogP contribution in [0, 0.1) is 0 Å². The van der Waals surface area contributed by atoms with Crippen LogP contribution in [0.2, 0.25) is 0 Å². The topological polar surface area (TPSA) is 90.6 Å². The van der Waals surface area contributed by atoms with E-state index in [1.54, 1.807) is 14.2 Å². The summed E-state index contributed by atoms with van der Waals surface area (Å²) in [6.45, 7) is 4.53. The molecule has 0 saturated heterocycles. The lowest BCUT2D eigenvalue weighted by molar-refractivity contribution is -0.118. The standard InChI is InChI=1S/C22H25N5O3S/c1-5-27-21(16-9-11-18(29-3)12-10-16)25-26-22(27)31-14-20(28)24-23-15(2)17-7-6-8-19(13-17)30-4/h6-13H,5,14H2,1-4H3,(H,24,28)/b23-15+. The number of methoxy groups -OCH3 is 2. The molecule has 0 aliphatic heterocycles. The predicted octanol–water partition coefficient (Wildman–Crippen LogP) is 3.61. The Balaban J connectivity index is 1.62. The van der Waals surface area contributed by atoms with Gasteiger partial charge >= 0.3 is 0 Å². The van der Waals surface area contributed by atoms with Crippen molar-refractivity contribution in [2.24, 2.45) is 5.10 Å². The van der Waals surface area contributed by atoms with Crippen molar-refractivity contribution >= 4 is 23.4 Å². The van der Waals surface area contributed by atoms with Crippen LogP contribution in [0.5, 0.6) is 11.5 Å². The minimum atomic E-state index is -0.219. The Bertz CT molecular complexity index is 1060. The van der Waals surface area contributed by atoms with Gasteiger partial charge in [-0.2, -0.15) is 5.10 Å². The lowest BCUT2D eigenvalue weighted by Gasteiger charge is -2.08. The Hall–Kier alpha value is -3.33. The van der Waals surface area contributed by atoms with Crippen LogP contribution < -0.4 is 14.9 Å². The molecule has 0 bridgehead atoms. The zero-order chi connectivity index (χ0) is 22.2. The fourth-order valence-electron chi connectivity index (χ4n) is 2.86. The predicted molar refractivity (Wildman–Crippen MR) is 122 cm³/mol. The fourth-order valence-corrected chi connectivity index (χ4v) is 3.65. The van der Waals surface area contributed by atoms with Crippen molar-refractivity contribution in [1.82, 2.24) is 20.2 Å². The third-order valence-corrected chi connectivity index (χ3v) is 5.52. The molecule has 31 heavy (non-hydrogen) atoms. The van der Waals surface area contributed by atoms with Crippen molar-refractivity contribution in [2.45, 2.75) is 25.5 Å². The number of benzene rings is 2. The summed E-state index contributed by atoms with van der Waals surface area (Å²) < 4.78 is 12.4. The zero-order valence-electron chi connectivity index (χ0n) is 18.0. The lowest BCUT2D eigenvalue weighted by atomic mass is 10.1. The number of hydrogen-bond acceptors (Lipinski definition) is 7. The van der Waals surface area contributed by atoms with Gasteiger partial charge < -0.3 is 14.0 Å². The molecule has 3 rings (SSSR count). The van der Waals surface area contributed by atoms with E-state index in [1.165, 1.54) is 11.8 Å². The Labute approximate surface area is 185 Å². The van der Waals surface area contributed by atoms with Crippen LogP contribution in [0.4, 0.5) is 0 Å². The maximum Gasteiger partial charge on any atom is 0.250 e. The van der Waals surface area contributed by atoms with Crippen LogP contribution >= 0.6 is 11.8 Å². The highest BCUT2D eigenvalue weighted by Crippen LogP contribution is 2.25. The van der Waals surface area contributed by atoms with Crippen molar-refractivity contribution < 1.29 is 14.3 Å². The number of ether oxygens (including phenoxy) is 2. The minimum absolute atomic E-state index is 0.176. The van der Waals surface area contributed by atoms with E-state index in [2.05, 4.69) is 20.7 Å². The first-order valence-electron chi connectivity index (χ1n) is 9.73.